The van der Waals surface area contributed by atoms with Gasteiger partial charge in [-0.1, -0.05) is 72.5 Å². The maximum atomic E-state index is 13.2. The number of piperazine rings is 1. The van der Waals surface area contributed by atoms with Gasteiger partial charge in [-0.25, -0.2) is 4.90 Å². The van der Waals surface area contributed by atoms with Crippen molar-refractivity contribution in [3.63, 3.8) is 0 Å². The first-order valence-electron chi connectivity index (χ1n) is 13.5. The molecule has 3 aromatic carbocycles. The van der Waals surface area contributed by atoms with Gasteiger partial charge in [0.05, 0.1) is 12.8 Å². The topological polar surface area (TPSA) is 70.2 Å². The van der Waals surface area contributed by atoms with Crippen LogP contribution in [0.1, 0.15) is 27.9 Å². The van der Waals surface area contributed by atoms with Crippen LogP contribution in [-0.2, 0) is 16.1 Å². The molecular weight excluding hydrogens is 555 g/mol. The Bertz CT molecular complexity index is 1430. The summed E-state index contributed by atoms with van der Waals surface area (Å²) in [6.45, 7) is 4.26. The molecular formula is C32H31N3O4S2. The number of hydrogen-bond acceptors (Lipinski definition) is 7. The van der Waals surface area contributed by atoms with Gasteiger partial charge in [-0.05, 0) is 53.6 Å². The van der Waals surface area contributed by atoms with Gasteiger partial charge in [0.25, 0.3) is 0 Å². The Morgan fingerprint density at radius 1 is 0.951 bits per heavy atom. The number of imide groups is 1. The van der Waals surface area contributed by atoms with Gasteiger partial charge in [-0.2, -0.15) is 0 Å². The molecule has 2 amide bonds. The van der Waals surface area contributed by atoms with Crippen molar-refractivity contribution in [3.05, 3.63) is 102 Å². The van der Waals surface area contributed by atoms with Crippen LogP contribution in [0.5, 0.6) is 5.75 Å². The Balaban J connectivity index is 1.14. The molecule has 2 heterocycles. The van der Waals surface area contributed by atoms with Gasteiger partial charge < -0.3 is 9.64 Å². The number of amides is 2. The molecule has 0 spiro atoms. The maximum absolute atomic E-state index is 13.2. The standard InChI is InChI=1S/C32H31N3O4S2/c1-39-27-14-7-23(8-15-27)9-16-28(36)25-10-12-26(13-11-25)35-30(37)21-29(31(35)38)41-32(40)34-19-17-33(18-20-34)22-24-5-3-2-4-6-24/h2-16,29H,17-22H2,1H3/b16-9+/t29-/m1/s1. The van der Waals surface area contributed by atoms with Crippen LogP contribution in [0.2, 0.25) is 0 Å². The van der Waals surface area contributed by atoms with Gasteiger partial charge in [-0.3, -0.25) is 19.3 Å². The summed E-state index contributed by atoms with van der Waals surface area (Å²) in [5.74, 6) is 0.0361. The van der Waals surface area contributed by atoms with Crippen molar-refractivity contribution in [1.29, 1.82) is 0 Å². The Labute approximate surface area is 249 Å². The van der Waals surface area contributed by atoms with Gasteiger partial charge in [0.15, 0.2) is 5.78 Å². The monoisotopic (exact) mass is 585 g/mol. The predicted molar refractivity (Wildman–Crippen MR) is 167 cm³/mol. The molecule has 0 bridgehead atoms. The lowest BCUT2D eigenvalue weighted by molar-refractivity contribution is -0.121. The normalized spacial score (nSPS) is 17.8. The zero-order valence-electron chi connectivity index (χ0n) is 22.8. The number of rotatable bonds is 8. The largest absolute Gasteiger partial charge is 0.497 e. The van der Waals surface area contributed by atoms with E-state index in [2.05, 4.69) is 34.1 Å². The van der Waals surface area contributed by atoms with Crippen molar-refractivity contribution < 1.29 is 19.1 Å². The summed E-state index contributed by atoms with van der Waals surface area (Å²) in [4.78, 5) is 44.4. The van der Waals surface area contributed by atoms with E-state index >= 15 is 0 Å². The Hall–Kier alpha value is -3.79. The Kier molecular flexibility index (Phi) is 9.28. The molecule has 210 valence electrons. The summed E-state index contributed by atoms with van der Waals surface area (Å²) < 4.78 is 5.81. The third-order valence-electron chi connectivity index (χ3n) is 7.18. The molecule has 2 aliphatic heterocycles. The minimum atomic E-state index is -0.550. The highest BCUT2D eigenvalue weighted by Gasteiger charge is 2.41. The fourth-order valence-corrected chi connectivity index (χ4v) is 6.39. The number of thioether (sulfide) groups is 1. The van der Waals surface area contributed by atoms with E-state index in [9.17, 15) is 14.4 Å². The summed E-state index contributed by atoms with van der Waals surface area (Å²) in [5, 5.41) is -0.550. The number of carbonyl (C=O) groups is 3. The van der Waals surface area contributed by atoms with Gasteiger partial charge in [0.2, 0.25) is 11.8 Å². The highest BCUT2D eigenvalue weighted by atomic mass is 32.2. The summed E-state index contributed by atoms with van der Waals surface area (Å²) >= 11 is 6.98. The number of ether oxygens (including phenoxy) is 1. The van der Waals surface area contributed by atoms with Crippen LogP contribution in [0.25, 0.3) is 6.08 Å². The van der Waals surface area contributed by atoms with E-state index in [1.165, 1.54) is 28.3 Å². The second-order valence-electron chi connectivity index (χ2n) is 9.91. The maximum Gasteiger partial charge on any atom is 0.247 e. The van der Waals surface area contributed by atoms with Crippen LogP contribution in [0.15, 0.2) is 84.9 Å². The number of nitrogens with zero attached hydrogens (tertiary/aromatic N) is 3. The van der Waals surface area contributed by atoms with E-state index in [-0.39, 0.29) is 24.0 Å². The van der Waals surface area contributed by atoms with Crippen LogP contribution in [0, 0.1) is 0 Å². The lowest BCUT2D eigenvalue weighted by Gasteiger charge is -2.36. The van der Waals surface area contributed by atoms with E-state index in [0.29, 0.717) is 15.6 Å². The molecule has 0 unspecified atom stereocenters. The minimum Gasteiger partial charge on any atom is -0.497 e. The molecule has 2 fully saturated rings. The molecule has 2 saturated heterocycles. The average Bonchev–Trinajstić information content (AvgIpc) is 3.28. The van der Waals surface area contributed by atoms with E-state index in [1.807, 2.05) is 30.3 Å². The Morgan fingerprint density at radius 2 is 1.63 bits per heavy atom. The number of benzene rings is 3. The minimum absolute atomic E-state index is 0.100. The molecule has 5 rings (SSSR count). The SMILES string of the molecule is COc1ccc(/C=C/C(=O)c2ccc(N3C(=O)C[C@@H](SC(=S)N4CCN(Cc5ccccc5)CC4)C3=O)cc2)cc1. The van der Waals surface area contributed by atoms with E-state index in [1.54, 1.807) is 37.5 Å². The molecule has 2 aliphatic rings. The average molecular weight is 586 g/mol. The summed E-state index contributed by atoms with van der Waals surface area (Å²) in [6, 6.07) is 24.3. The summed E-state index contributed by atoms with van der Waals surface area (Å²) in [7, 11) is 1.60. The lowest BCUT2D eigenvalue weighted by atomic mass is 10.1. The first-order chi connectivity index (χ1) is 19.9. The van der Waals surface area contributed by atoms with Crippen molar-refractivity contribution >= 4 is 57.7 Å². The van der Waals surface area contributed by atoms with Crippen LogP contribution in [-0.4, -0.2) is 70.3 Å². The number of hydrogen-bond donors (Lipinski definition) is 0. The van der Waals surface area contributed by atoms with Crippen molar-refractivity contribution in [2.45, 2.75) is 18.2 Å². The van der Waals surface area contributed by atoms with Crippen LogP contribution >= 0.6 is 24.0 Å². The molecule has 0 N–H and O–H groups in total. The van der Waals surface area contributed by atoms with E-state index in [4.69, 9.17) is 17.0 Å². The van der Waals surface area contributed by atoms with Crippen LogP contribution in [0.4, 0.5) is 5.69 Å². The number of thiocarbonyl (C=S) groups is 1. The fourth-order valence-electron chi connectivity index (χ4n) is 4.85. The van der Waals surface area contributed by atoms with Crippen molar-refractivity contribution in [2.75, 3.05) is 38.2 Å². The molecule has 0 aromatic heterocycles. The van der Waals surface area contributed by atoms with E-state index in [0.717, 1.165) is 44.0 Å². The number of anilines is 1. The first kappa shape index (κ1) is 28.7. The van der Waals surface area contributed by atoms with E-state index < -0.39 is 5.25 Å². The zero-order chi connectivity index (χ0) is 28.8. The molecule has 9 heteroatoms. The highest BCUT2D eigenvalue weighted by molar-refractivity contribution is 8.23. The van der Waals surface area contributed by atoms with Gasteiger partial charge in [-0.15, -0.1) is 0 Å². The Morgan fingerprint density at radius 3 is 2.29 bits per heavy atom. The smallest absolute Gasteiger partial charge is 0.247 e. The number of methoxy groups -OCH3 is 1. The number of allylic oxidation sites excluding steroid dienone is 1. The second kappa shape index (κ2) is 13.2. The lowest BCUT2D eigenvalue weighted by Crippen LogP contribution is -2.47. The first-order valence-corrected chi connectivity index (χ1v) is 14.8. The molecule has 0 aliphatic carbocycles. The van der Waals surface area contributed by atoms with Crippen LogP contribution < -0.4 is 9.64 Å². The van der Waals surface area contributed by atoms with Crippen LogP contribution in [0.3, 0.4) is 0 Å². The molecule has 0 saturated carbocycles. The number of ketones is 1. The third kappa shape index (κ3) is 7.11. The van der Waals surface area contributed by atoms with Gasteiger partial charge in [0, 0.05) is 44.7 Å². The highest BCUT2D eigenvalue weighted by Crippen LogP contribution is 2.32. The second-order valence-corrected chi connectivity index (χ2v) is 11.7. The molecule has 41 heavy (non-hydrogen) atoms. The zero-order valence-corrected chi connectivity index (χ0v) is 24.4. The fraction of sp³-hybridized carbons (Fsp3) is 0.250. The van der Waals surface area contributed by atoms with Gasteiger partial charge in [0.1, 0.15) is 15.3 Å². The predicted octanol–water partition coefficient (Wildman–Crippen LogP) is 5.06. The molecule has 3 aromatic rings. The van der Waals surface area contributed by atoms with Crippen molar-refractivity contribution in [3.8, 4) is 5.75 Å². The molecule has 0 radical (unpaired) electrons. The summed E-state index contributed by atoms with van der Waals surface area (Å²) in [6.07, 6.45) is 3.33. The van der Waals surface area contributed by atoms with Crippen molar-refractivity contribution in [1.82, 2.24) is 9.80 Å². The quantitative estimate of drug-likeness (QED) is 0.157. The van der Waals surface area contributed by atoms with Crippen molar-refractivity contribution in [2.24, 2.45) is 0 Å². The van der Waals surface area contributed by atoms with Gasteiger partial charge >= 0.3 is 0 Å². The third-order valence-corrected chi connectivity index (χ3v) is 8.84. The summed E-state index contributed by atoms with van der Waals surface area (Å²) in [5.41, 5.74) is 3.09. The molecule has 1 atom stereocenters. The number of carbonyl (C=O) groups excluding carboxylic acids is 3. The molecule has 7 nitrogen and oxygen atoms in total.